The van der Waals surface area contributed by atoms with Crippen molar-refractivity contribution < 1.29 is 0 Å². The molecule has 0 aliphatic heterocycles. The summed E-state index contributed by atoms with van der Waals surface area (Å²) in [7, 11) is 0. The number of aromatic nitrogens is 5. The minimum Gasteiger partial charge on any atom is -0.359 e. The molecule has 5 nitrogen and oxygen atoms in total. The van der Waals surface area contributed by atoms with Crippen LogP contribution in [0.4, 0.5) is 0 Å². The van der Waals surface area contributed by atoms with Crippen LogP contribution in [0.5, 0.6) is 0 Å². The molecule has 3 rings (SSSR count). The Balaban J connectivity index is 1.74. The van der Waals surface area contributed by atoms with Crippen LogP contribution in [0.25, 0.3) is 0 Å². The molecule has 0 saturated heterocycles. The molecule has 1 N–H and O–H groups in total. The van der Waals surface area contributed by atoms with Crippen LogP contribution in [0, 0.1) is 27.7 Å². The molecule has 5 heteroatoms. The van der Waals surface area contributed by atoms with Gasteiger partial charge in [-0.1, -0.05) is 0 Å². The van der Waals surface area contributed by atoms with Crippen molar-refractivity contribution in [3.8, 4) is 0 Å². The Morgan fingerprint density at radius 1 is 0.810 bits per heavy atom. The molecular weight excluding hydrogens is 262 g/mol. The Kier molecular flexibility index (Phi) is 3.41. The molecular formula is C16H21N5. The molecule has 0 aliphatic carbocycles. The number of H-pyrrole nitrogens is 1. The largest absolute Gasteiger partial charge is 0.359 e. The second kappa shape index (κ2) is 5.24. The van der Waals surface area contributed by atoms with E-state index in [2.05, 4.69) is 53.3 Å². The van der Waals surface area contributed by atoms with Gasteiger partial charge in [0.25, 0.3) is 0 Å². The fraction of sp³-hybridized carbons (Fsp3) is 0.375. The maximum atomic E-state index is 4.50. The van der Waals surface area contributed by atoms with Crippen molar-refractivity contribution in [1.29, 1.82) is 0 Å². The predicted octanol–water partition coefficient (Wildman–Crippen LogP) is 2.74. The lowest BCUT2D eigenvalue weighted by molar-refractivity contribution is 0.632. The molecule has 0 spiro atoms. The summed E-state index contributed by atoms with van der Waals surface area (Å²) >= 11 is 0. The monoisotopic (exact) mass is 283 g/mol. The van der Waals surface area contributed by atoms with Crippen molar-refractivity contribution in [2.45, 2.75) is 40.8 Å². The van der Waals surface area contributed by atoms with E-state index in [-0.39, 0.29) is 0 Å². The summed E-state index contributed by atoms with van der Waals surface area (Å²) in [5, 5.41) is 8.99. The molecule has 0 saturated carbocycles. The number of aryl methyl sites for hydroxylation is 4. The SMILES string of the molecule is Cc1cc(C)n(Cc2ccc(Cn3nc(C)cc3C)[nH]2)n1. The highest BCUT2D eigenvalue weighted by atomic mass is 15.3. The van der Waals surface area contributed by atoms with Gasteiger partial charge in [0.1, 0.15) is 0 Å². The molecule has 3 heterocycles. The van der Waals surface area contributed by atoms with E-state index in [9.17, 15) is 0 Å². The summed E-state index contributed by atoms with van der Waals surface area (Å²) in [5.41, 5.74) is 6.81. The maximum absolute atomic E-state index is 4.50. The first kappa shape index (κ1) is 13.7. The fourth-order valence-corrected chi connectivity index (χ4v) is 2.67. The third kappa shape index (κ3) is 2.91. The molecule has 3 aromatic heterocycles. The lowest BCUT2D eigenvalue weighted by atomic mass is 10.4. The molecule has 110 valence electrons. The second-order valence-electron chi connectivity index (χ2n) is 5.68. The highest BCUT2D eigenvalue weighted by molar-refractivity contribution is 5.17. The van der Waals surface area contributed by atoms with Gasteiger partial charge < -0.3 is 4.98 Å². The number of hydrogen-bond donors (Lipinski definition) is 1. The van der Waals surface area contributed by atoms with Crippen LogP contribution >= 0.6 is 0 Å². The van der Waals surface area contributed by atoms with Gasteiger partial charge in [0, 0.05) is 22.8 Å². The zero-order valence-corrected chi connectivity index (χ0v) is 13.0. The average molecular weight is 283 g/mol. The Morgan fingerprint density at radius 2 is 1.24 bits per heavy atom. The van der Waals surface area contributed by atoms with Crippen LogP contribution in [0.3, 0.4) is 0 Å². The standard InChI is InChI=1S/C16H21N5/c1-11-7-13(3)20(18-11)9-15-5-6-16(17-15)10-21-14(4)8-12(2)19-21/h5-8,17H,9-10H2,1-4H3. The van der Waals surface area contributed by atoms with Gasteiger partial charge in [-0.2, -0.15) is 10.2 Å². The summed E-state index contributed by atoms with van der Waals surface area (Å²) in [5.74, 6) is 0. The molecule has 0 aliphatic rings. The topological polar surface area (TPSA) is 51.4 Å². The Hall–Kier alpha value is -2.30. The summed E-state index contributed by atoms with van der Waals surface area (Å²) in [4.78, 5) is 3.46. The Morgan fingerprint density at radius 3 is 1.57 bits per heavy atom. The summed E-state index contributed by atoms with van der Waals surface area (Å²) in [6, 6.07) is 8.44. The molecule has 0 atom stereocenters. The number of hydrogen-bond acceptors (Lipinski definition) is 2. The van der Waals surface area contributed by atoms with Crippen LogP contribution < -0.4 is 0 Å². The molecule has 0 aromatic carbocycles. The lowest BCUT2D eigenvalue weighted by Crippen LogP contribution is -2.06. The van der Waals surface area contributed by atoms with Gasteiger partial charge in [-0.15, -0.1) is 0 Å². The third-order valence-corrected chi connectivity index (χ3v) is 3.65. The van der Waals surface area contributed by atoms with Crippen LogP contribution in [0.2, 0.25) is 0 Å². The van der Waals surface area contributed by atoms with E-state index < -0.39 is 0 Å². The zero-order chi connectivity index (χ0) is 15.0. The fourth-order valence-electron chi connectivity index (χ4n) is 2.67. The van der Waals surface area contributed by atoms with Crippen molar-refractivity contribution in [3.05, 3.63) is 58.4 Å². The first-order valence-electron chi connectivity index (χ1n) is 7.20. The van der Waals surface area contributed by atoms with Crippen LogP contribution in [-0.2, 0) is 13.1 Å². The maximum Gasteiger partial charge on any atom is 0.0812 e. The molecule has 21 heavy (non-hydrogen) atoms. The third-order valence-electron chi connectivity index (χ3n) is 3.65. The Labute approximate surface area is 124 Å². The number of aromatic amines is 1. The first-order valence-corrected chi connectivity index (χ1v) is 7.20. The molecule has 0 amide bonds. The highest BCUT2D eigenvalue weighted by Gasteiger charge is 2.06. The van der Waals surface area contributed by atoms with Crippen molar-refractivity contribution >= 4 is 0 Å². The lowest BCUT2D eigenvalue weighted by Gasteiger charge is -2.04. The van der Waals surface area contributed by atoms with E-state index in [0.717, 1.165) is 35.9 Å². The zero-order valence-electron chi connectivity index (χ0n) is 13.0. The average Bonchev–Trinajstić information content (AvgIpc) is 3.04. The Bertz CT molecular complexity index is 697. The quantitative estimate of drug-likeness (QED) is 0.800. The van der Waals surface area contributed by atoms with Crippen LogP contribution in [0.1, 0.15) is 34.2 Å². The highest BCUT2D eigenvalue weighted by Crippen LogP contribution is 2.10. The van der Waals surface area contributed by atoms with E-state index in [4.69, 9.17) is 0 Å². The van der Waals surface area contributed by atoms with E-state index in [1.165, 1.54) is 11.4 Å². The predicted molar refractivity (Wildman–Crippen MR) is 82.4 cm³/mol. The van der Waals surface area contributed by atoms with Gasteiger partial charge in [0.05, 0.1) is 24.5 Å². The van der Waals surface area contributed by atoms with Crippen LogP contribution in [-0.4, -0.2) is 24.5 Å². The van der Waals surface area contributed by atoms with Crippen molar-refractivity contribution in [2.75, 3.05) is 0 Å². The van der Waals surface area contributed by atoms with Gasteiger partial charge in [-0.05, 0) is 52.0 Å². The summed E-state index contributed by atoms with van der Waals surface area (Å²) in [6.45, 7) is 9.76. The first-order chi connectivity index (χ1) is 10.0. The second-order valence-corrected chi connectivity index (χ2v) is 5.68. The minimum atomic E-state index is 0.775. The van der Waals surface area contributed by atoms with Crippen molar-refractivity contribution in [2.24, 2.45) is 0 Å². The summed E-state index contributed by atoms with van der Waals surface area (Å²) < 4.78 is 4.04. The number of nitrogens with one attached hydrogen (secondary N) is 1. The van der Waals surface area contributed by atoms with E-state index in [0.29, 0.717) is 0 Å². The van der Waals surface area contributed by atoms with E-state index in [1.54, 1.807) is 0 Å². The van der Waals surface area contributed by atoms with E-state index in [1.807, 2.05) is 23.2 Å². The van der Waals surface area contributed by atoms with Crippen LogP contribution in [0.15, 0.2) is 24.3 Å². The summed E-state index contributed by atoms with van der Waals surface area (Å²) in [6.07, 6.45) is 0. The van der Waals surface area contributed by atoms with Gasteiger partial charge in [-0.3, -0.25) is 9.36 Å². The smallest absolute Gasteiger partial charge is 0.0812 e. The molecule has 0 radical (unpaired) electrons. The van der Waals surface area contributed by atoms with Crippen molar-refractivity contribution in [1.82, 2.24) is 24.5 Å². The van der Waals surface area contributed by atoms with E-state index >= 15 is 0 Å². The molecule has 0 fully saturated rings. The van der Waals surface area contributed by atoms with Gasteiger partial charge in [0.2, 0.25) is 0 Å². The minimum absolute atomic E-state index is 0.775. The van der Waals surface area contributed by atoms with Gasteiger partial charge in [0.15, 0.2) is 0 Å². The molecule has 0 unspecified atom stereocenters. The number of nitrogens with zero attached hydrogens (tertiary/aromatic N) is 4. The normalized spacial score (nSPS) is 11.2. The molecule has 3 aromatic rings. The molecule has 0 bridgehead atoms. The van der Waals surface area contributed by atoms with Crippen molar-refractivity contribution in [3.63, 3.8) is 0 Å². The van der Waals surface area contributed by atoms with Gasteiger partial charge >= 0.3 is 0 Å². The number of rotatable bonds is 4. The van der Waals surface area contributed by atoms with Gasteiger partial charge in [-0.25, -0.2) is 0 Å².